The molecule has 1 rings (SSSR count). The quantitative estimate of drug-likeness (QED) is 0.615. The van der Waals surface area contributed by atoms with E-state index in [1.54, 1.807) is 12.1 Å². The van der Waals surface area contributed by atoms with Gasteiger partial charge in [-0.1, -0.05) is 0 Å². The number of hydrogen-bond acceptors (Lipinski definition) is 3. The molecule has 0 aromatic carbocycles. The smallest absolute Gasteiger partial charge is 0.320 e. The molecule has 5 nitrogen and oxygen atoms in total. The van der Waals surface area contributed by atoms with Gasteiger partial charge >= 0.3 is 6.03 Å². The molecule has 0 atom stereocenters. The van der Waals surface area contributed by atoms with Gasteiger partial charge in [0, 0.05) is 13.2 Å². The van der Waals surface area contributed by atoms with E-state index in [0.717, 1.165) is 0 Å². The molecule has 1 aromatic heterocycles. The van der Waals surface area contributed by atoms with Crippen molar-refractivity contribution in [2.45, 2.75) is 0 Å². The van der Waals surface area contributed by atoms with Gasteiger partial charge in [-0.2, -0.15) is 5.10 Å². The van der Waals surface area contributed by atoms with Crippen LogP contribution in [0.3, 0.4) is 0 Å². The summed E-state index contributed by atoms with van der Waals surface area (Å²) in [5.41, 5.74) is 4.99. The zero-order valence-electron chi connectivity index (χ0n) is 6.06. The standard InChI is InChI=1S/C6H8N4O/c1-10(6(7)11)5-3-2-4-8-9-5/h2-4H,1H3,(H2,7,11). The first-order valence-electron chi connectivity index (χ1n) is 3.02. The topological polar surface area (TPSA) is 72.1 Å². The normalized spacial score (nSPS) is 9.18. The third-order valence-electron chi connectivity index (χ3n) is 1.23. The summed E-state index contributed by atoms with van der Waals surface area (Å²) in [5.74, 6) is 0.444. The van der Waals surface area contributed by atoms with Gasteiger partial charge in [-0.25, -0.2) is 4.79 Å². The fourth-order valence-electron chi connectivity index (χ4n) is 0.585. The third-order valence-corrected chi connectivity index (χ3v) is 1.23. The van der Waals surface area contributed by atoms with Crippen molar-refractivity contribution in [1.82, 2.24) is 10.2 Å². The van der Waals surface area contributed by atoms with E-state index in [1.807, 2.05) is 0 Å². The van der Waals surface area contributed by atoms with E-state index in [1.165, 1.54) is 18.1 Å². The number of amides is 2. The molecule has 2 amide bonds. The number of nitrogens with zero attached hydrogens (tertiary/aromatic N) is 3. The maximum absolute atomic E-state index is 10.6. The van der Waals surface area contributed by atoms with Crippen molar-refractivity contribution >= 4 is 11.8 Å². The van der Waals surface area contributed by atoms with Crippen molar-refractivity contribution in [2.75, 3.05) is 11.9 Å². The summed E-state index contributed by atoms with van der Waals surface area (Å²) < 4.78 is 0. The fourth-order valence-corrected chi connectivity index (χ4v) is 0.585. The van der Waals surface area contributed by atoms with Gasteiger partial charge in [0.15, 0.2) is 5.82 Å². The Morgan fingerprint density at radius 2 is 2.45 bits per heavy atom. The second kappa shape index (κ2) is 2.96. The van der Waals surface area contributed by atoms with Crippen LogP contribution in [0.5, 0.6) is 0 Å². The summed E-state index contributed by atoms with van der Waals surface area (Å²) >= 11 is 0. The summed E-state index contributed by atoms with van der Waals surface area (Å²) in [6.45, 7) is 0. The van der Waals surface area contributed by atoms with E-state index < -0.39 is 6.03 Å². The lowest BCUT2D eigenvalue weighted by molar-refractivity contribution is 0.255. The number of urea groups is 1. The Hall–Kier alpha value is -1.65. The Labute approximate surface area is 63.8 Å². The van der Waals surface area contributed by atoms with Crippen molar-refractivity contribution < 1.29 is 4.79 Å². The number of primary amides is 1. The molecule has 11 heavy (non-hydrogen) atoms. The number of nitrogens with two attached hydrogens (primary N) is 1. The number of hydrogen-bond donors (Lipinski definition) is 1. The fraction of sp³-hybridized carbons (Fsp3) is 0.167. The number of anilines is 1. The molecule has 0 fully saturated rings. The van der Waals surface area contributed by atoms with Crippen LogP contribution in [0.15, 0.2) is 18.3 Å². The minimum Gasteiger partial charge on any atom is -0.351 e. The highest BCUT2D eigenvalue weighted by atomic mass is 16.2. The highest BCUT2D eigenvalue weighted by Crippen LogP contribution is 2.03. The first-order chi connectivity index (χ1) is 5.22. The van der Waals surface area contributed by atoms with E-state index in [-0.39, 0.29) is 0 Å². The monoisotopic (exact) mass is 152 g/mol. The molecule has 58 valence electrons. The van der Waals surface area contributed by atoms with Gasteiger partial charge in [0.1, 0.15) is 0 Å². The zero-order chi connectivity index (χ0) is 8.27. The highest BCUT2D eigenvalue weighted by molar-refractivity contribution is 5.88. The lowest BCUT2D eigenvalue weighted by Gasteiger charge is -2.10. The highest BCUT2D eigenvalue weighted by Gasteiger charge is 2.05. The van der Waals surface area contributed by atoms with Gasteiger partial charge in [0.25, 0.3) is 0 Å². The van der Waals surface area contributed by atoms with Gasteiger partial charge in [0.2, 0.25) is 0 Å². The summed E-state index contributed by atoms with van der Waals surface area (Å²) in [6, 6.07) is 2.78. The molecule has 1 heterocycles. The molecule has 0 radical (unpaired) electrons. The summed E-state index contributed by atoms with van der Waals surface area (Å²) in [6.07, 6.45) is 1.53. The summed E-state index contributed by atoms with van der Waals surface area (Å²) in [5, 5.41) is 7.26. The average Bonchev–Trinajstić information content (AvgIpc) is 2.05. The number of rotatable bonds is 1. The Morgan fingerprint density at radius 1 is 1.73 bits per heavy atom. The predicted molar refractivity (Wildman–Crippen MR) is 40.0 cm³/mol. The predicted octanol–water partition coefficient (Wildman–Crippen LogP) is -0.00850. The molecule has 2 N–H and O–H groups in total. The Kier molecular flexibility index (Phi) is 2.00. The Morgan fingerprint density at radius 3 is 2.91 bits per heavy atom. The molecular formula is C6H8N4O. The largest absolute Gasteiger partial charge is 0.351 e. The van der Waals surface area contributed by atoms with E-state index >= 15 is 0 Å². The van der Waals surface area contributed by atoms with Crippen LogP contribution in [0.1, 0.15) is 0 Å². The van der Waals surface area contributed by atoms with Crippen LogP contribution in [0.2, 0.25) is 0 Å². The molecule has 5 heteroatoms. The molecule has 0 aliphatic heterocycles. The SMILES string of the molecule is CN(C(N)=O)c1cccnn1. The second-order valence-corrected chi connectivity index (χ2v) is 1.98. The summed E-state index contributed by atoms with van der Waals surface area (Å²) in [4.78, 5) is 11.8. The molecule has 0 bridgehead atoms. The minimum atomic E-state index is -0.550. The van der Waals surface area contributed by atoms with Crippen molar-refractivity contribution in [3.8, 4) is 0 Å². The van der Waals surface area contributed by atoms with Gasteiger partial charge < -0.3 is 5.73 Å². The second-order valence-electron chi connectivity index (χ2n) is 1.98. The van der Waals surface area contributed by atoms with Crippen LogP contribution in [-0.4, -0.2) is 23.3 Å². The van der Waals surface area contributed by atoms with Crippen LogP contribution in [0.25, 0.3) is 0 Å². The molecule has 0 unspecified atom stereocenters. The Balaban J connectivity index is 2.85. The molecule has 0 aliphatic rings. The van der Waals surface area contributed by atoms with Crippen LogP contribution in [-0.2, 0) is 0 Å². The van der Waals surface area contributed by atoms with Gasteiger partial charge in [-0.3, -0.25) is 4.90 Å². The molecule has 0 saturated carbocycles. The van der Waals surface area contributed by atoms with E-state index in [4.69, 9.17) is 5.73 Å². The van der Waals surface area contributed by atoms with Crippen molar-refractivity contribution in [1.29, 1.82) is 0 Å². The van der Waals surface area contributed by atoms with Gasteiger partial charge in [0.05, 0.1) is 0 Å². The number of carbonyl (C=O) groups is 1. The lowest BCUT2D eigenvalue weighted by Crippen LogP contribution is -2.32. The maximum Gasteiger partial charge on any atom is 0.320 e. The van der Waals surface area contributed by atoms with Gasteiger partial charge in [-0.15, -0.1) is 5.10 Å². The van der Waals surface area contributed by atoms with Gasteiger partial charge in [-0.05, 0) is 12.1 Å². The molecule has 0 spiro atoms. The number of aromatic nitrogens is 2. The average molecular weight is 152 g/mol. The number of carbonyl (C=O) groups excluding carboxylic acids is 1. The zero-order valence-corrected chi connectivity index (χ0v) is 6.06. The molecule has 0 aliphatic carbocycles. The lowest BCUT2D eigenvalue weighted by atomic mass is 10.5. The Bertz CT molecular complexity index is 248. The van der Waals surface area contributed by atoms with Crippen molar-refractivity contribution in [3.63, 3.8) is 0 Å². The third kappa shape index (κ3) is 1.64. The van der Waals surface area contributed by atoms with Crippen LogP contribution < -0.4 is 10.6 Å². The van der Waals surface area contributed by atoms with Crippen LogP contribution in [0, 0.1) is 0 Å². The van der Waals surface area contributed by atoms with E-state index in [2.05, 4.69) is 10.2 Å². The molecular weight excluding hydrogens is 144 g/mol. The maximum atomic E-state index is 10.6. The van der Waals surface area contributed by atoms with E-state index in [0.29, 0.717) is 5.82 Å². The molecule has 0 saturated heterocycles. The molecule has 1 aromatic rings. The first-order valence-corrected chi connectivity index (χ1v) is 3.02. The van der Waals surface area contributed by atoms with Crippen LogP contribution >= 0.6 is 0 Å². The first kappa shape index (κ1) is 7.46. The van der Waals surface area contributed by atoms with Crippen LogP contribution in [0.4, 0.5) is 10.6 Å². The van der Waals surface area contributed by atoms with Crippen molar-refractivity contribution in [2.24, 2.45) is 5.73 Å². The minimum absolute atomic E-state index is 0.444. The summed E-state index contributed by atoms with van der Waals surface area (Å²) in [7, 11) is 1.53. The van der Waals surface area contributed by atoms with Crippen molar-refractivity contribution in [3.05, 3.63) is 18.3 Å². The van der Waals surface area contributed by atoms with E-state index in [9.17, 15) is 4.79 Å².